The molecule has 0 spiro atoms. The second-order valence-corrected chi connectivity index (χ2v) is 4.54. The van der Waals surface area contributed by atoms with Gasteiger partial charge in [0.05, 0.1) is 0 Å². The van der Waals surface area contributed by atoms with Crippen LogP contribution >= 0.6 is 0 Å². The third-order valence-electron chi connectivity index (χ3n) is 3.33. The van der Waals surface area contributed by atoms with Crippen LogP contribution in [-0.4, -0.2) is 0 Å². The van der Waals surface area contributed by atoms with Crippen LogP contribution in [0.5, 0.6) is 0 Å². The molecule has 0 N–H and O–H groups in total. The molecule has 0 amide bonds. The topological polar surface area (TPSA) is 0 Å². The molecule has 0 atom stereocenters. The van der Waals surface area contributed by atoms with Gasteiger partial charge in [0.15, 0.2) is 0 Å². The number of fused-ring (bicyclic) bond motifs is 3. The van der Waals surface area contributed by atoms with Crippen molar-refractivity contribution in [2.24, 2.45) is 0 Å². The molecule has 92 valence electrons. The van der Waals surface area contributed by atoms with Crippen LogP contribution in [0.2, 0.25) is 0 Å². The van der Waals surface area contributed by atoms with Crippen LogP contribution in [0, 0.1) is 0 Å². The molecule has 0 aromatic heterocycles. The van der Waals surface area contributed by atoms with Crippen molar-refractivity contribution in [3.8, 4) is 11.1 Å². The van der Waals surface area contributed by atoms with Gasteiger partial charge >= 0.3 is 0 Å². The van der Waals surface area contributed by atoms with Gasteiger partial charge in [-0.1, -0.05) is 55.5 Å². The third kappa shape index (κ3) is 2.24. The molecule has 0 unspecified atom stereocenters. The van der Waals surface area contributed by atoms with Crippen molar-refractivity contribution in [2.45, 2.75) is 26.7 Å². The normalized spacial score (nSPS) is 11.0. The lowest BCUT2D eigenvalue weighted by molar-refractivity contribution is 1.08. The molecule has 1 aliphatic rings. The van der Waals surface area contributed by atoms with E-state index >= 15 is 0 Å². The van der Waals surface area contributed by atoms with Gasteiger partial charge in [0, 0.05) is 0 Å². The summed E-state index contributed by atoms with van der Waals surface area (Å²) in [5.74, 6) is 0. The van der Waals surface area contributed by atoms with E-state index in [1.807, 2.05) is 6.92 Å². The Balaban J connectivity index is 0.000000367. The summed E-state index contributed by atoms with van der Waals surface area (Å²) < 4.78 is 0. The zero-order valence-corrected chi connectivity index (χ0v) is 11.2. The molecular formula is C18H20. The summed E-state index contributed by atoms with van der Waals surface area (Å²) in [4.78, 5) is 0. The monoisotopic (exact) mass is 236 g/mol. The van der Waals surface area contributed by atoms with E-state index in [9.17, 15) is 0 Å². The Morgan fingerprint density at radius 2 is 1.72 bits per heavy atom. The molecule has 0 heteroatoms. The highest BCUT2D eigenvalue weighted by Gasteiger charge is 2.19. The van der Waals surface area contributed by atoms with E-state index in [-0.39, 0.29) is 0 Å². The lowest BCUT2D eigenvalue weighted by Gasteiger charge is -2.05. The Morgan fingerprint density at radius 3 is 2.44 bits per heavy atom. The SMILES string of the molecule is C=CC.CCc1cccc2c1Cc1ccccc1-2. The van der Waals surface area contributed by atoms with Crippen molar-refractivity contribution in [3.63, 3.8) is 0 Å². The largest absolute Gasteiger partial charge is 0.103 e. The summed E-state index contributed by atoms with van der Waals surface area (Å²) >= 11 is 0. The van der Waals surface area contributed by atoms with Gasteiger partial charge in [0.2, 0.25) is 0 Å². The van der Waals surface area contributed by atoms with Gasteiger partial charge in [-0.3, -0.25) is 0 Å². The second-order valence-electron chi connectivity index (χ2n) is 4.54. The van der Waals surface area contributed by atoms with Crippen LogP contribution in [0.1, 0.15) is 30.5 Å². The average molecular weight is 236 g/mol. The first kappa shape index (κ1) is 12.6. The molecular weight excluding hydrogens is 216 g/mol. The van der Waals surface area contributed by atoms with Crippen molar-refractivity contribution in [1.29, 1.82) is 0 Å². The molecule has 2 aromatic carbocycles. The standard InChI is InChI=1S/C15H14.C3H6/c1-2-11-7-5-9-14-13-8-4-3-6-12(13)10-15(11)14;1-3-2/h3-9H,2,10H2,1H3;3H,1H2,2H3. The Labute approximate surface area is 110 Å². The molecule has 0 fully saturated rings. The van der Waals surface area contributed by atoms with Crippen LogP contribution < -0.4 is 0 Å². The molecule has 0 saturated carbocycles. The van der Waals surface area contributed by atoms with Crippen molar-refractivity contribution in [2.75, 3.05) is 0 Å². The molecule has 2 aromatic rings. The summed E-state index contributed by atoms with van der Waals surface area (Å²) in [6, 6.07) is 15.4. The predicted octanol–water partition coefficient (Wildman–Crippen LogP) is 5.01. The Morgan fingerprint density at radius 1 is 1.06 bits per heavy atom. The fraction of sp³-hybridized carbons (Fsp3) is 0.222. The molecule has 0 bridgehead atoms. The summed E-state index contributed by atoms with van der Waals surface area (Å²) in [6.07, 6.45) is 4.01. The van der Waals surface area contributed by atoms with E-state index < -0.39 is 0 Å². The predicted molar refractivity (Wildman–Crippen MR) is 79.9 cm³/mol. The van der Waals surface area contributed by atoms with Gasteiger partial charge in [-0.25, -0.2) is 0 Å². The fourth-order valence-corrected chi connectivity index (χ4v) is 2.55. The first-order chi connectivity index (χ1) is 8.81. The number of rotatable bonds is 1. The molecule has 18 heavy (non-hydrogen) atoms. The van der Waals surface area contributed by atoms with E-state index in [2.05, 4.69) is 56.0 Å². The first-order valence-corrected chi connectivity index (χ1v) is 6.57. The molecule has 0 aliphatic heterocycles. The quantitative estimate of drug-likeness (QED) is 0.521. The third-order valence-corrected chi connectivity index (χ3v) is 3.33. The van der Waals surface area contributed by atoms with Crippen molar-refractivity contribution in [3.05, 3.63) is 71.8 Å². The Kier molecular flexibility index (Phi) is 3.99. The maximum atomic E-state index is 3.36. The summed E-state index contributed by atoms with van der Waals surface area (Å²) in [7, 11) is 0. The van der Waals surface area contributed by atoms with E-state index in [0.717, 1.165) is 12.8 Å². The molecule has 0 nitrogen and oxygen atoms in total. The first-order valence-electron chi connectivity index (χ1n) is 6.57. The highest BCUT2D eigenvalue weighted by atomic mass is 14.2. The lowest BCUT2D eigenvalue weighted by Crippen LogP contribution is -1.89. The average Bonchev–Trinajstić information content (AvgIpc) is 2.78. The minimum atomic E-state index is 1.12. The molecule has 1 aliphatic carbocycles. The van der Waals surface area contributed by atoms with Crippen LogP contribution in [0.4, 0.5) is 0 Å². The van der Waals surface area contributed by atoms with Gasteiger partial charge in [0.25, 0.3) is 0 Å². The number of aryl methyl sites for hydroxylation is 1. The second kappa shape index (κ2) is 5.68. The van der Waals surface area contributed by atoms with Gasteiger partial charge < -0.3 is 0 Å². The minimum Gasteiger partial charge on any atom is -0.103 e. The van der Waals surface area contributed by atoms with E-state index in [1.54, 1.807) is 11.6 Å². The van der Waals surface area contributed by atoms with E-state index in [0.29, 0.717) is 0 Å². The Hall–Kier alpha value is -1.82. The molecule has 0 radical (unpaired) electrons. The highest BCUT2D eigenvalue weighted by Crippen LogP contribution is 2.37. The van der Waals surface area contributed by atoms with Gasteiger partial charge in [-0.15, -0.1) is 6.58 Å². The number of hydrogen-bond donors (Lipinski definition) is 0. The van der Waals surface area contributed by atoms with Crippen LogP contribution in [0.3, 0.4) is 0 Å². The number of allylic oxidation sites excluding steroid dienone is 1. The number of benzene rings is 2. The smallest absolute Gasteiger partial charge is 0.00107 e. The molecule has 0 saturated heterocycles. The summed E-state index contributed by atoms with van der Waals surface area (Å²) in [5, 5.41) is 0. The van der Waals surface area contributed by atoms with Crippen LogP contribution in [0.15, 0.2) is 55.1 Å². The van der Waals surface area contributed by atoms with E-state index in [4.69, 9.17) is 0 Å². The van der Waals surface area contributed by atoms with Gasteiger partial charge in [0.1, 0.15) is 0 Å². The lowest BCUT2D eigenvalue weighted by atomic mass is 10.00. The zero-order valence-electron chi connectivity index (χ0n) is 11.2. The number of hydrogen-bond acceptors (Lipinski definition) is 0. The zero-order chi connectivity index (χ0) is 13.0. The fourth-order valence-electron chi connectivity index (χ4n) is 2.55. The highest BCUT2D eigenvalue weighted by molar-refractivity contribution is 5.77. The maximum Gasteiger partial charge on any atom is -0.00107 e. The maximum absolute atomic E-state index is 3.36. The molecule has 3 rings (SSSR count). The summed E-state index contributed by atoms with van der Waals surface area (Å²) in [6.45, 7) is 7.48. The van der Waals surface area contributed by atoms with Crippen molar-refractivity contribution in [1.82, 2.24) is 0 Å². The minimum absolute atomic E-state index is 1.12. The molecule has 0 heterocycles. The van der Waals surface area contributed by atoms with Crippen LogP contribution in [-0.2, 0) is 12.8 Å². The van der Waals surface area contributed by atoms with Gasteiger partial charge in [-0.2, -0.15) is 0 Å². The van der Waals surface area contributed by atoms with Gasteiger partial charge in [-0.05, 0) is 47.6 Å². The van der Waals surface area contributed by atoms with Crippen molar-refractivity contribution >= 4 is 0 Å². The van der Waals surface area contributed by atoms with Crippen molar-refractivity contribution < 1.29 is 0 Å². The van der Waals surface area contributed by atoms with E-state index in [1.165, 1.54) is 22.3 Å². The summed E-state index contributed by atoms with van der Waals surface area (Å²) in [5.41, 5.74) is 7.41. The van der Waals surface area contributed by atoms with Crippen LogP contribution in [0.25, 0.3) is 11.1 Å². The Bertz CT molecular complexity index is 550.